The summed E-state index contributed by atoms with van der Waals surface area (Å²) in [5.41, 5.74) is 0.409. The predicted molar refractivity (Wildman–Crippen MR) is 79.2 cm³/mol. The second-order valence-electron chi connectivity index (χ2n) is 5.13. The number of pyridine rings is 1. The molecule has 1 aromatic heterocycles. The van der Waals surface area contributed by atoms with E-state index in [1.807, 2.05) is 0 Å². The van der Waals surface area contributed by atoms with Crippen molar-refractivity contribution in [2.45, 2.75) is 37.8 Å². The van der Waals surface area contributed by atoms with Crippen LogP contribution in [0, 0.1) is 0 Å². The van der Waals surface area contributed by atoms with Gasteiger partial charge in [-0.25, -0.2) is 4.98 Å². The molecule has 1 amide bonds. The Balaban J connectivity index is 2.21. The minimum atomic E-state index is -0.456. The van der Waals surface area contributed by atoms with E-state index in [2.05, 4.69) is 10.3 Å². The van der Waals surface area contributed by atoms with Gasteiger partial charge in [0.1, 0.15) is 5.82 Å². The van der Waals surface area contributed by atoms with Gasteiger partial charge in [0, 0.05) is 20.3 Å². The van der Waals surface area contributed by atoms with Crippen LogP contribution in [0.1, 0.15) is 36.0 Å². The molecule has 6 heteroatoms. The van der Waals surface area contributed by atoms with Gasteiger partial charge in [-0.15, -0.1) is 0 Å². The molecule has 1 aromatic rings. The number of amides is 1. The van der Waals surface area contributed by atoms with E-state index in [4.69, 9.17) is 11.6 Å². The minimum absolute atomic E-state index is 0.140. The van der Waals surface area contributed by atoms with Crippen LogP contribution in [0.5, 0.6) is 0 Å². The van der Waals surface area contributed by atoms with Crippen molar-refractivity contribution in [1.29, 1.82) is 0 Å². The zero-order valence-electron chi connectivity index (χ0n) is 11.8. The summed E-state index contributed by atoms with van der Waals surface area (Å²) in [7, 11) is 3.45. The molecule has 1 aliphatic rings. The molecule has 2 rings (SSSR count). The molecule has 0 spiro atoms. The van der Waals surface area contributed by atoms with Gasteiger partial charge in [0.2, 0.25) is 0 Å². The number of anilines is 1. The number of hydrogen-bond acceptors (Lipinski definition) is 4. The minimum Gasteiger partial charge on any atom is -0.391 e. The third-order valence-electron chi connectivity index (χ3n) is 3.85. The summed E-state index contributed by atoms with van der Waals surface area (Å²) in [4.78, 5) is 18.2. The Morgan fingerprint density at radius 3 is 2.85 bits per heavy atom. The number of aromatic nitrogens is 1. The molecule has 2 N–H and O–H groups in total. The number of nitrogens with zero attached hydrogens (tertiary/aromatic N) is 2. The van der Waals surface area contributed by atoms with Crippen molar-refractivity contribution < 1.29 is 9.90 Å². The van der Waals surface area contributed by atoms with Crippen LogP contribution in [-0.2, 0) is 0 Å². The van der Waals surface area contributed by atoms with Gasteiger partial charge >= 0.3 is 0 Å². The van der Waals surface area contributed by atoms with E-state index in [1.165, 1.54) is 6.20 Å². The van der Waals surface area contributed by atoms with Crippen LogP contribution in [0.3, 0.4) is 0 Å². The molecular weight excluding hydrogens is 278 g/mol. The first kappa shape index (κ1) is 15.1. The molecule has 20 heavy (non-hydrogen) atoms. The Morgan fingerprint density at radius 1 is 1.50 bits per heavy atom. The number of aliphatic hydroxyl groups is 1. The molecule has 110 valence electrons. The maximum atomic E-state index is 12.6. The first-order valence-electron chi connectivity index (χ1n) is 6.83. The lowest BCUT2D eigenvalue weighted by molar-refractivity contribution is 0.0268. The first-order valence-corrected chi connectivity index (χ1v) is 7.21. The zero-order chi connectivity index (χ0) is 14.7. The molecule has 0 bridgehead atoms. The van der Waals surface area contributed by atoms with Crippen molar-refractivity contribution in [3.63, 3.8) is 0 Å². The van der Waals surface area contributed by atoms with Crippen molar-refractivity contribution in [2.75, 3.05) is 19.4 Å². The number of carbonyl (C=O) groups is 1. The summed E-state index contributed by atoms with van der Waals surface area (Å²) in [6, 6.07) is 1.50. The van der Waals surface area contributed by atoms with Gasteiger partial charge in [-0.1, -0.05) is 24.4 Å². The van der Waals surface area contributed by atoms with Gasteiger partial charge < -0.3 is 15.3 Å². The highest BCUT2D eigenvalue weighted by Gasteiger charge is 2.30. The Labute approximate surface area is 123 Å². The van der Waals surface area contributed by atoms with Crippen LogP contribution in [0.4, 0.5) is 5.82 Å². The summed E-state index contributed by atoms with van der Waals surface area (Å²) in [6.45, 7) is 0. The number of carbonyl (C=O) groups excluding carboxylic acids is 1. The SMILES string of the molecule is CNc1cc(C(=O)N(C)C2CCCCC2O)c(Cl)cn1. The third-order valence-corrected chi connectivity index (χ3v) is 4.15. The lowest BCUT2D eigenvalue weighted by Crippen LogP contribution is -2.46. The second kappa shape index (κ2) is 6.41. The largest absolute Gasteiger partial charge is 0.391 e. The zero-order valence-corrected chi connectivity index (χ0v) is 12.5. The molecular formula is C14H20ClN3O2. The number of halogens is 1. The molecule has 1 saturated carbocycles. The Kier molecular flexibility index (Phi) is 4.83. The lowest BCUT2D eigenvalue weighted by atomic mass is 9.91. The second-order valence-corrected chi connectivity index (χ2v) is 5.54. The fraction of sp³-hybridized carbons (Fsp3) is 0.571. The van der Waals surface area contributed by atoms with E-state index in [1.54, 1.807) is 25.1 Å². The summed E-state index contributed by atoms with van der Waals surface area (Å²) in [5.74, 6) is 0.412. The first-order chi connectivity index (χ1) is 9.54. The molecule has 5 nitrogen and oxygen atoms in total. The number of rotatable bonds is 3. The molecule has 0 aromatic carbocycles. The molecule has 2 unspecified atom stereocenters. The highest BCUT2D eigenvalue weighted by Crippen LogP contribution is 2.26. The smallest absolute Gasteiger partial charge is 0.255 e. The molecule has 0 aliphatic heterocycles. The van der Waals surface area contributed by atoms with Crippen LogP contribution in [0.15, 0.2) is 12.3 Å². The molecule has 1 heterocycles. The van der Waals surface area contributed by atoms with Crippen LogP contribution in [0.25, 0.3) is 0 Å². The third kappa shape index (κ3) is 3.04. The van der Waals surface area contributed by atoms with Crippen LogP contribution >= 0.6 is 11.6 Å². The number of nitrogens with one attached hydrogen (secondary N) is 1. The predicted octanol–water partition coefficient (Wildman–Crippen LogP) is 2.15. The number of aliphatic hydroxyl groups excluding tert-OH is 1. The monoisotopic (exact) mass is 297 g/mol. The van der Waals surface area contributed by atoms with Gasteiger partial charge in [0.15, 0.2) is 0 Å². The standard InChI is InChI=1S/C14H20ClN3O2/c1-16-13-7-9(10(15)8-17-13)14(20)18(2)11-5-3-4-6-12(11)19/h7-8,11-12,19H,3-6H2,1-2H3,(H,16,17). The Morgan fingerprint density at radius 2 is 2.20 bits per heavy atom. The van der Waals surface area contributed by atoms with Gasteiger partial charge in [0.05, 0.1) is 22.7 Å². The molecule has 2 atom stereocenters. The fourth-order valence-electron chi connectivity index (χ4n) is 2.62. The lowest BCUT2D eigenvalue weighted by Gasteiger charge is -2.35. The molecule has 0 radical (unpaired) electrons. The average molecular weight is 298 g/mol. The highest BCUT2D eigenvalue weighted by molar-refractivity contribution is 6.33. The van der Waals surface area contributed by atoms with Crippen LogP contribution < -0.4 is 5.32 Å². The summed E-state index contributed by atoms with van der Waals surface area (Å²) in [5, 5.41) is 13.3. The van der Waals surface area contributed by atoms with E-state index in [9.17, 15) is 9.90 Å². The fourth-order valence-corrected chi connectivity index (χ4v) is 2.81. The topological polar surface area (TPSA) is 65.5 Å². The molecule has 0 saturated heterocycles. The quantitative estimate of drug-likeness (QED) is 0.897. The number of likely N-dealkylation sites (N-methyl/N-ethyl adjacent to an activating group) is 1. The van der Waals surface area contributed by atoms with Gasteiger partial charge in [-0.3, -0.25) is 4.79 Å². The van der Waals surface area contributed by atoms with Crippen molar-refractivity contribution in [2.24, 2.45) is 0 Å². The van der Waals surface area contributed by atoms with Crippen molar-refractivity contribution in [3.8, 4) is 0 Å². The van der Waals surface area contributed by atoms with Crippen molar-refractivity contribution in [3.05, 3.63) is 22.8 Å². The van der Waals surface area contributed by atoms with E-state index >= 15 is 0 Å². The van der Waals surface area contributed by atoms with Crippen molar-refractivity contribution in [1.82, 2.24) is 9.88 Å². The van der Waals surface area contributed by atoms with Crippen LogP contribution in [-0.4, -0.2) is 47.1 Å². The average Bonchev–Trinajstić information content (AvgIpc) is 2.47. The van der Waals surface area contributed by atoms with E-state index < -0.39 is 6.10 Å². The summed E-state index contributed by atoms with van der Waals surface area (Å²) in [6.07, 6.45) is 4.62. The molecule has 1 aliphatic carbocycles. The molecule has 1 fully saturated rings. The van der Waals surface area contributed by atoms with E-state index in [0.717, 1.165) is 25.7 Å². The van der Waals surface area contributed by atoms with Gasteiger partial charge in [0.25, 0.3) is 5.91 Å². The summed E-state index contributed by atoms with van der Waals surface area (Å²) < 4.78 is 0. The maximum absolute atomic E-state index is 12.6. The number of hydrogen-bond donors (Lipinski definition) is 2. The Hall–Kier alpha value is -1.33. The maximum Gasteiger partial charge on any atom is 0.255 e. The van der Waals surface area contributed by atoms with Crippen molar-refractivity contribution >= 4 is 23.3 Å². The summed E-state index contributed by atoms with van der Waals surface area (Å²) >= 11 is 6.07. The van der Waals surface area contributed by atoms with E-state index in [0.29, 0.717) is 16.4 Å². The van der Waals surface area contributed by atoms with Crippen LogP contribution in [0.2, 0.25) is 5.02 Å². The van der Waals surface area contributed by atoms with Gasteiger partial charge in [-0.2, -0.15) is 0 Å². The van der Waals surface area contributed by atoms with E-state index in [-0.39, 0.29) is 11.9 Å². The Bertz CT molecular complexity index is 495. The van der Waals surface area contributed by atoms with Gasteiger partial charge in [-0.05, 0) is 18.9 Å². The normalized spacial score (nSPS) is 22.4. The highest BCUT2D eigenvalue weighted by atomic mass is 35.5.